The van der Waals surface area contributed by atoms with Gasteiger partial charge >= 0.3 is 5.97 Å². The normalized spacial score (nSPS) is 12.0. The Morgan fingerprint density at radius 1 is 1.29 bits per heavy atom. The van der Waals surface area contributed by atoms with Gasteiger partial charge in [-0.3, -0.25) is 15.1 Å². The lowest BCUT2D eigenvalue weighted by molar-refractivity contribution is -0.384. The second-order valence-electron chi connectivity index (χ2n) is 4.86. The lowest BCUT2D eigenvalue weighted by atomic mass is 10.2. The minimum atomic E-state index is -1.07. The van der Waals surface area contributed by atoms with Gasteiger partial charge in [-0.05, 0) is 42.8 Å². The third kappa shape index (κ3) is 4.29. The topological polar surface area (TPSA) is 122 Å². The minimum absolute atomic E-state index is 0.0732. The largest absolute Gasteiger partial charge is 0.506 e. The van der Waals surface area contributed by atoms with Gasteiger partial charge in [-0.25, -0.2) is 4.79 Å². The molecule has 24 heavy (non-hydrogen) atoms. The summed E-state index contributed by atoms with van der Waals surface area (Å²) in [5.41, 5.74) is 0.548. The summed E-state index contributed by atoms with van der Waals surface area (Å²) in [6.07, 6.45) is 0.453. The van der Waals surface area contributed by atoms with Crippen LogP contribution in [0.1, 0.15) is 12.5 Å². The van der Waals surface area contributed by atoms with Gasteiger partial charge in [0.25, 0.3) is 5.69 Å². The van der Waals surface area contributed by atoms with Crippen LogP contribution >= 0.6 is 0 Å². The van der Waals surface area contributed by atoms with Crippen LogP contribution in [0.15, 0.2) is 47.5 Å². The second-order valence-corrected chi connectivity index (χ2v) is 4.86. The average molecular weight is 330 g/mol. The Kier molecular flexibility index (Phi) is 5.10. The number of benzene rings is 2. The van der Waals surface area contributed by atoms with Gasteiger partial charge < -0.3 is 14.9 Å². The quantitative estimate of drug-likeness (QED) is 0.477. The van der Waals surface area contributed by atoms with Crippen molar-refractivity contribution in [2.24, 2.45) is 4.99 Å². The van der Waals surface area contributed by atoms with Gasteiger partial charge in [-0.1, -0.05) is 0 Å². The fraction of sp³-hybridized carbons (Fsp3) is 0.125. The molecular formula is C16H14N2O6. The van der Waals surface area contributed by atoms with Crippen LogP contribution in [0, 0.1) is 10.1 Å². The van der Waals surface area contributed by atoms with E-state index in [-0.39, 0.29) is 17.1 Å². The maximum Gasteiger partial charge on any atom is 0.344 e. The van der Waals surface area contributed by atoms with E-state index in [1.165, 1.54) is 25.3 Å². The first-order valence-electron chi connectivity index (χ1n) is 6.88. The van der Waals surface area contributed by atoms with Crippen LogP contribution in [-0.2, 0) is 4.79 Å². The Morgan fingerprint density at radius 2 is 1.96 bits per heavy atom. The molecule has 2 aromatic rings. The van der Waals surface area contributed by atoms with Gasteiger partial charge in [0.1, 0.15) is 17.2 Å². The fourth-order valence-corrected chi connectivity index (χ4v) is 1.76. The third-order valence-corrected chi connectivity index (χ3v) is 3.06. The Balaban J connectivity index is 2.14. The third-order valence-electron chi connectivity index (χ3n) is 3.06. The molecule has 0 aliphatic heterocycles. The number of carboxylic acids is 1. The summed E-state index contributed by atoms with van der Waals surface area (Å²) >= 11 is 0. The van der Waals surface area contributed by atoms with Gasteiger partial charge in [0.05, 0.1) is 4.92 Å². The SMILES string of the molecule is C[C@@H](Oc1ccc(C=Nc2cc([N+](=O)[O-])ccc2O)cc1)C(=O)O. The lowest BCUT2D eigenvalue weighted by Crippen LogP contribution is -2.22. The van der Waals surface area contributed by atoms with E-state index in [0.717, 1.165) is 6.07 Å². The van der Waals surface area contributed by atoms with Crippen LogP contribution in [0.3, 0.4) is 0 Å². The first-order chi connectivity index (χ1) is 11.4. The summed E-state index contributed by atoms with van der Waals surface area (Å²) < 4.78 is 5.20. The molecule has 0 saturated heterocycles. The first-order valence-corrected chi connectivity index (χ1v) is 6.88. The number of carboxylic acid groups (broad SMARTS) is 1. The van der Waals surface area contributed by atoms with Crippen LogP contribution in [0.5, 0.6) is 11.5 Å². The number of rotatable bonds is 6. The molecular weight excluding hydrogens is 316 g/mol. The van der Waals surface area contributed by atoms with Crippen LogP contribution < -0.4 is 4.74 Å². The number of nitrogens with zero attached hydrogens (tertiary/aromatic N) is 2. The number of phenols is 1. The highest BCUT2D eigenvalue weighted by atomic mass is 16.6. The summed E-state index contributed by atoms with van der Waals surface area (Å²) in [5, 5.41) is 29.2. The molecule has 0 amide bonds. The fourth-order valence-electron chi connectivity index (χ4n) is 1.76. The molecule has 124 valence electrons. The van der Waals surface area contributed by atoms with Crippen LogP contribution in [0.25, 0.3) is 0 Å². The summed E-state index contributed by atoms with van der Waals surface area (Å²) in [5.74, 6) is -0.853. The monoisotopic (exact) mass is 330 g/mol. The number of ether oxygens (including phenoxy) is 1. The van der Waals surface area contributed by atoms with Gasteiger partial charge in [0.2, 0.25) is 0 Å². The van der Waals surface area contributed by atoms with E-state index in [0.29, 0.717) is 11.3 Å². The maximum absolute atomic E-state index is 10.7. The predicted molar refractivity (Wildman–Crippen MR) is 86.2 cm³/mol. The van der Waals surface area contributed by atoms with Gasteiger partial charge in [-0.15, -0.1) is 0 Å². The van der Waals surface area contributed by atoms with E-state index in [1.807, 2.05) is 0 Å². The zero-order valence-electron chi connectivity index (χ0n) is 12.6. The number of nitro benzene ring substituents is 1. The molecule has 0 aliphatic carbocycles. The Hall–Kier alpha value is -3.42. The summed E-state index contributed by atoms with van der Waals surface area (Å²) in [6, 6.07) is 9.99. The summed E-state index contributed by atoms with van der Waals surface area (Å²) in [4.78, 5) is 24.9. The molecule has 1 atom stereocenters. The summed E-state index contributed by atoms with van der Waals surface area (Å²) in [7, 11) is 0. The van der Waals surface area contributed by atoms with E-state index in [9.17, 15) is 20.0 Å². The number of aliphatic carboxylic acids is 1. The van der Waals surface area contributed by atoms with Gasteiger partial charge in [0, 0.05) is 18.3 Å². The molecule has 0 unspecified atom stereocenters. The number of non-ortho nitro benzene ring substituents is 1. The number of nitro groups is 1. The molecule has 0 fully saturated rings. The highest BCUT2D eigenvalue weighted by Gasteiger charge is 2.12. The molecule has 0 bridgehead atoms. The van der Waals surface area contributed by atoms with Crippen molar-refractivity contribution in [3.05, 3.63) is 58.1 Å². The van der Waals surface area contributed by atoms with Gasteiger partial charge in [0.15, 0.2) is 6.10 Å². The van der Waals surface area contributed by atoms with Crippen molar-refractivity contribution in [2.75, 3.05) is 0 Å². The van der Waals surface area contributed by atoms with Crippen molar-refractivity contribution < 1.29 is 24.7 Å². The van der Waals surface area contributed by atoms with Crippen LogP contribution in [0.2, 0.25) is 0 Å². The predicted octanol–water partition coefficient (Wildman–Crippen LogP) is 2.90. The van der Waals surface area contributed by atoms with Crippen molar-refractivity contribution in [2.45, 2.75) is 13.0 Å². The highest BCUT2D eigenvalue weighted by Crippen LogP contribution is 2.30. The molecule has 2 N–H and O–H groups in total. The highest BCUT2D eigenvalue weighted by molar-refractivity contribution is 5.83. The molecule has 0 saturated carbocycles. The molecule has 0 heterocycles. The molecule has 0 spiro atoms. The maximum atomic E-state index is 10.7. The van der Waals surface area contributed by atoms with Gasteiger partial charge in [-0.2, -0.15) is 0 Å². The molecule has 0 radical (unpaired) electrons. The van der Waals surface area contributed by atoms with Crippen molar-refractivity contribution in [3.8, 4) is 11.5 Å². The number of aromatic hydroxyl groups is 1. The smallest absolute Gasteiger partial charge is 0.344 e. The van der Waals surface area contributed by atoms with Crippen molar-refractivity contribution in [1.29, 1.82) is 0 Å². The summed E-state index contributed by atoms with van der Waals surface area (Å²) in [6.45, 7) is 1.42. The second kappa shape index (κ2) is 7.23. The van der Waals surface area contributed by atoms with Crippen molar-refractivity contribution >= 4 is 23.6 Å². The zero-order valence-corrected chi connectivity index (χ0v) is 12.6. The van der Waals surface area contributed by atoms with E-state index >= 15 is 0 Å². The first kappa shape index (κ1) is 16.9. The molecule has 0 aromatic heterocycles. The van der Waals surface area contributed by atoms with Crippen molar-refractivity contribution in [3.63, 3.8) is 0 Å². The number of aliphatic imine (C=N–C) groups is 1. The van der Waals surface area contributed by atoms with E-state index < -0.39 is 17.0 Å². The Morgan fingerprint density at radius 3 is 2.54 bits per heavy atom. The van der Waals surface area contributed by atoms with E-state index in [2.05, 4.69) is 4.99 Å². The van der Waals surface area contributed by atoms with Crippen LogP contribution in [-0.4, -0.2) is 33.4 Å². The molecule has 2 aromatic carbocycles. The Bertz CT molecular complexity index is 786. The molecule has 8 heteroatoms. The number of carbonyl (C=O) groups is 1. The number of hydrogen-bond acceptors (Lipinski definition) is 6. The zero-order chi connectivity index (χ0) is 17.7. The Labute approximate surface area is 136 Å². The minimum Gasteiger partial charge on any atom is -0.506 e. The molecule has 2 rings (SSSR count). The van der Waals surface area contributed by atoms with E-state index in [4.69, 9.17) is 9.84 Å². The van der Waals surface area contributed by atoms with Crippen LogP contribution in [0.4, 0.5) is 11.4 Å². The van der Waals surface area contributed by atoms with E-state index in [1.54, 1.807) is 24.3 Å². The lowest BCUT2D eigenvalue weighted by Gasteiger charge is -2.09. The van der Waals surface area contributed by atoms with Crippen molar-refractivity contribution in [1.82, 2.24) is 0 Å². The molecule has 0 aliphatic rings. The number of hydrogen-bond donors (Lipinski definition) is 2. The molecule has 8 nitrogen and oxygen atoms in total. The standard InChI is InChI=1S/C16H14N2O6/c1-10(16(20)21)24-13-5-2-11(3-6-13)9-17-14-8-12(18(22)23)4-7-15(14)19/h2-10,19H,1H3,(H,20,21)/t10-/m1/s1. The average Bonchev–Trinajstić information content (AvgIpc) is 2.55. The number of phenolic OH excluding ortho intramolecular Hbond substituents is 1.